The van der Waals surface area contributed by atoms with Crippen molar-refractivity contribution in [1.82, 2.24) is 4.98 Å². The summed E-state index contributed by atoms with van der Waals surface area (Å²) in [7, 11) is 0. The standard InChI is InChI=1S/C27H24N2O3S/c1-16-5-14-23-24(15-16)33-27(29-23)28-20-12-10-18(11-13-20)17-6-8-19(9-7-17)25(30)21-3-2-4-22(21)26(31)32/h5-15,21-22H,2-4H2,1H3,(H,28,29)(H,31,32)/t21-,22-/m0/s1. The molecule has 4 aromatic rings. The van der Waals surface area contributed by atoms with Crippen molar-refractivity contribution < 1.29 is 14.7 Å². The van der Waals surface area contributed by atoms with Crippen LogP contribution in [0.2, 0.25) is 0 Å². The van der Waals surface area contributed by atoms with Gasteiger partial charge in [-0.2, -0.15) is 0 Å². The van der Waals surface area contributed by atoms with E-state index < -0.39 is 17.8 Å². The fraction of sp³-hybridized carbons (Fsp3) is 0.222. The van der Waals surface area contributed by atoms with Crippen LogP contribution in [-0.2, 0) is 4.79 Å². The topological polar surface area (TPSA) is 79.3 Å². The van der Waals surface area contributed by atoms with Crippen molar-refractivity contribution in [1.29, 1.82) is 0 Å². The molecule has 1 aliphatic carbocycles. The molecular formula is C27H24N2O3S. The maximum Gasteiger partial charge on any atom is 0.307 e. The van der Waals surface area contributed by atoms with E-state index in [9.17, 15) is 14.7 Å². The number of fused-ring (bicyclic) bond motifs is 1. The number of nitrogens with one attached hydrogen (secondary N) is 1. The summed E-state index contributed by atoms with van der Waals surface area (Å²) in [5, 5.41) is 13.6. The maximum atomic E-state index is 12.8. The lowest BCUT2D eigenvalue weighted by atomic mass is 9.88. The molecule has 0 unspecified atom stereocenters. The molecule has 1 heterocycles. The van der Waals surface area contributed by atoms with Crippen LogP contribution in [0.15, 0.2) is 66.7 Å². The highest BCUT2D eigenvalue weighted by molar-refractivity contribution is 7.22. The first-order valence-corrected chi connectivity index (χ1v) is 11.9. The van der Waals surface area contributed by atoms with Crippen LogP contribution in [0.25, 0.3) is 21.3 Å². The number of nitrogens with zero attached hydrogens (tertiary/aromatic N) is 1. The fourth-order valence-electron chi connectivity index (χ4n) is 4.57. The number of carboxylic acid groups (broad SMARTS) is 1. The quantitative estimate of drug-likeness (QED) is 0.316. The van der Waals surface area contributed by atoms with Crippen LogP contribution in [0, 0.1) is 18.8 Å². The van der Waals surface area contributed by atoms with Gasteiger partial charge in [0.1, 0.15) is 0 Å². The molecule has 2 atom stereocenters. The molecule has 33 heavy (non-hydrogen) atoms. The fourth-order valence-corrected chi connectivity index (χ4v) is 5.55. The normalized spacial score (nSPS) is 17.8. The van der Waals surface area contributed by atoms with Gasteiger partial charge in [0.2, 0.25) is 0 Å². The van der Waals surface area contributed by atoms with E-state index >= 15 is 0 Å². The van der Waals surface area contributed by atoms with Gasteiger partial charge in [-0.25, -0.2) is 4.98 Å². The van der Waals surface area contributed by atoms with Crippen LogP contribution < -0.4 is 5.32 Å². The number of aryl methyl sites for hydroxylation is 1. The third kappa shape index (κ3) is 4.39. The van der Waals surface area contributed by atoms with Gasteiger partial charge in [-0.05, 0) is 60.7 Å². The van der Waals surface area contributed by atoms with Gasteiger partial charge in [-0.3, -0.25) is 9.59 Å². The summed E-state index contributed by atoms with van der Waals surface area (Å²) >= 11 is 1.63. The first-order chi connectivity index (χ1) is 16.0. The van der Waals surface area contributed by atoms with Crippen molar-refractivity contribution in [2.75, 3.05) is 5.32 Å². The van der Waals surface area contributed by atoms with Crippen LogP contribution in [-0.4, -0.2) is 21.8 Å². The molecule has 0 radical (unpaired) electrons. The summed E-state index contributed by atoms with van der Waals surface area (Å²) in [5.74, 6) is -1.89. The van der Waals surface area contributed by atoms with Gasteiger partial charge < -0.3 is 10.4 Å². The van der Waals surface area contributed by atoms with Crippen LogP contribution in [0.4, 0.5) is 10.8 Å². The number of carbonyl (C=O) groups is 2. The van der Waals surface area contributed by atoms with Crippen LogP contribution >= 0.6 is 11.3 Å². The molecule has 1 aromatic heterocycles. The van der Waals surface area contributed by atoms with E-state index in [0.29, 0.717) is 18.4 Å². The number of anilines is 2. The summed E-state index contributed by atoms with van der Waals surface area (Å²) in [4.78, 5) is 28.9. The summed E-state index contributed by atoms with van der Waals surface area (Å²) in [6, 6.07) is 21.8. The molecule has 1 aliphatic rings. The number of Topliss-reactive ketones (excluding diaryl/α,β-unsaturated/α-hetero) is 1. The Morgan fingerprint density at radius 1 is 0.939 bits per heavy atom. The minimum Gasteiger partial charge on any atom is -0.481 e. The van der Waals surface area contributed by atoms with Crippen molar-refractivity contribution in [3.63, 3.8) is 0 Å². The Labute approximate surface area is 196 Å². The lowest BCUT2D eigenvalue weighted by Crippen LogP contribution is -2.25. The molecule has 3 aromatic carbocycles. The molecule has 1 fully saturated rings. The third-order valence-electron chi connectivity index (χ3n) is 6.35. The van der Waals surface area contributed by atoms with Gasteiger partial charge in [0.15, 0.2) is 10.9 Å². The lowest BCUT2D eigenvalue weighted by molar-refractivity contribution is -0.142. The van der Waals surface area contributed by atoms with Crippen molar-refractivity contribution in [3.8, 4) is 11.1 Å². The number of hydrogen-bond acceptors (Lipinski definition) is 5. The Balaban J connectivity index is 1.29. The molecule has 0 bridgehead atoms. The summed E-state index contributed by atoms with van der Waals surface area (Å²) in [5.41, 5.74) is 5.81. The zero-order valence-electron chi connectivity index (χ0n) is 18.2. The van der Waals surface area contributed by atoms with Gasteiger partial charge >= 0.3 is 5.97 Å². The number of aromatic nitrogens is 1. The second kappa shape index (κ2) is 8.79. The van der Waals surface area contributed by atoms with Crippen molar-refractivity contribution >= 4 is 44.1 Å². The Morgan fingerprint density at radius 2 is 1.61 bits per heavy atom. The van der Waals surface area contributed by atoms with Crippen LogP contribution in [0.5, 0.6) is 0 Å². The summed E-state index contributed by atoms with van der Waals surface area (Å²) in [6.07, 6.45) is 2.03. The largest absolute Gasteiger partial charge is 0.481 e. The van der Waals surface area contributed by atoms with E-state index in [1.54, 1.807) is 11.3 Å². The number of ketones is 1. The first kappa shape index (κ1) is 21.3. The van der Waals surface area contributed by atoms with Crippen molar-refractivity contribution in [2.45, 2.75) is 26.2 Å². The van der Waals surface area contributed by atoms with Gasteiger partial charge in [0.05, 0.1) is 16.1 Å². The van der Waals surface area contributed by atoms with E-state index in [1.807, 2.05) is 54.6 Å². The van der Waals surface area contributed by atoms with Gasteiger partial charge in [-0.1, -0.05) is 60.2 Å². The lowest BCUT2D eigenvalue weighted by Gasteiger charge is -2.14. The zero-order chi connectivity index (χ0) is 22.9. The highest BCUT2D eigenvalue weighted by atomic mass is 32.1. The predicted molar refractivity (Wildman–Crippen MR) is 132 cm³/mol. The zero-order valence-corrected chi connectivity index (χ0v) is 19.1. The maximum absolute atomic E-state index is 12.8. The van der Waals surface area contributed by atoms with Gasteiger partial charge in [0, 0.05) is 17.2 Å². The van der Waals surface area contributed by atoms with Crippen molar-refractivity contribution in [3.05, 3.63) is 77.9 Å². The summed E-state index contributed by atoms with van der Waals surface area (Å²) in [6.45, 7) is 2.08. The number of carboxylic acids is 1. The number of benzene rings is 3. The monoisotopic (exact) mass is 456 g/mol. The van der Waals surface area contributed by atoms with Gasteiger partial charge in [0.25, 0.3) is 0 Å². The Bertz CT molecular complexity index is 1330. The van der Waals surface area contributed by atoms with E-state index in [2.05, 4.69) is 29.4 Å². The summed E-state index contributed by atoms with van der Waals surface area (Å²) < 4.78 is 1.16. The number of carbonyl (C=O) groups excluding carboxylic acids is 1. The average molecular weight is 457 g/mol. The van der Waals surface area contributed by atoms with E-state index in [4.69, 9.17) is 0 Å². The number of rotatable bonds is 6. The molecule has 1 saturated carbocycles. The number of hydrogen-bond donors (Lipinski definition) is 2. The molecular weight excluding hydrogens is 432 g/mol. The third-order valence-corrected chi connectivity index (χ3v) is 7.29. The van der Waals surface area contributed by atoms with E-state index in [1.165, 1.54) is 5.56 Å². The molecule has 5 nitrogen and oxygen atoms in total. The number of aliphatic carboxylic acids is 1. The molecule has 6 heteroatoms. The highest BCUT2D eigenvalue weighted by Crippen LogP contribution is 2.35. The van der Waals surface area contributed by atoms with E-state index in [0.717, 1.165) is 38.6 Å². The van der Waals surface area contributed by atoms with Gasteiger partial charge in [-0.15, -0.1) is 0 Å². The SMILES string of the molecule is Cc1ccc2nc(Nc3ccc(-c4ccc(C(=O)[C@H]5CCC[C@@H]5C(=O)O)cc4)cc3)sc2c1. The molecule has 5 rings (SSSR count). The highest BCUT2D eigenvalue weighted by Gasteiger charge is 2.37. The minimum absolute atomic E-state index is 0.0583. The Kier molecular flexibility index (Phi) is 5.68. The molecule has 0 aliphatic heterocycles. The van der Waals surface area contributed by atoms with Crippen LogP contribution in [0.3, 0.4) is 0 Å². The second-order valence-corrected chi connectivity index (χ2v) is 9.65. The molecule has 0 amide bonds. The molecule has 0 spiro atoms. The number of thiazole rings is 1. The Hall–Kier alpha value is -3.51. The first-order valence-electron chi connectivity index (χ1n) is 11.1. The van der Waals surface area contributed by atoms with Crippen molar-refractivity contribution in [2.24, 2.45) is 11.8 Å². The smallest absolute Gasteiger partial charge is 0.307 e. The second-order valence-electron chi connectivity index (χ2n) is 8.62. The minimum atomic E-state index is -0.864. The van der Waals surface area contributed by atoms with E-state index in [-0.39, 0.29) is 5.78 Å². The average Bonchev–Trinajstić information content (AvgIpc) is 3.46. The van der Waals surface area contributed by atoms with Crippen LogP contribution in [0.1, 0.15) is 35.2 Å². The molecule has 2 N–H and O–H groups in total. The predicted octanol–water partition coefficient (Wildman–Crippen LogP) is 6.70. The molecule has 166 valence electrons. The Morgan fingerprint density at radius 3 is 2.30 bits per heavy atom. The molecule has 0 saturated heterocycles.